The number of rotatable bonds is 5. The fourth-order valence-corrected chi connectivity index (χ4v) is 1.65. The van der Waals surface area contributed by atoms with Crippen LogP contribution in [0.2, 0.25) is 0 Å². The van der Waals surface area contributed by atoms with E-state index >= 15 is 0 Å². The number of benzene rings is 1. The summed E-state index contributed by atoms with van der Waals surface area (Å²) in [5.41, 5.74) is 0.369. The van der Waals surface area contributed by atoms with Crippen LogP contribution in [0.15, 0.2) is 47.1 Å². The Morgan fingerprint density at radius 3 is 2.83 bits per heavy atom. The maximum Gasteiger partial charge on any atom is 0.325 e. The average Bonchev–Trinajstić information content (AvgIpc) is 2.82. The maximum absolute atomic E-state index is 13.1. The first kappa shape index (κ1) is 12.3. The molecule has 2 N–H and O–H groups in total. The van der Waals surface area contributed by atoms with Gasteiger partial charge in [-0.3, -0.25) is 10.1 Å². The van der Waals surface area contributed by atoms with E-state index in [2.05, 4.69) is 5.32 Å². The number of halogens is 1. The monoisotopic (exact) mass is 249 g/mol. The van der Waals surface area contributed by atoms with Gasteiger partial charge in [0.15, 0.2) is 0 Å². The van der Waals surface area contributed by atoms with Gasteiger partial charge in [0.25, 0.3) is 0 Å². The van der Waals surface area contributed by atoms with Crippen molar-refractivity contribution < 1.29 is 18.7 Å². The number of hydrogen-bond donors (Lipinski definition) is 2. The van der Waals surface area contributed by atoms with Crippen LogP contribution in [-0.4, -0.2) is 11.1 Å². The van der Waals surface area contributed by atoms with Gasteiger partial charge in [-0.2, -0.15) is 0 Å². The molecule has 0 aliphatic rings. The first-order valence-corrected chi connectivity index (χ1v) is 5.41. The summed E-state index contributed by atoms with van der Waals surface area (Å²) in [6.07, 6.45) is 1.51. The van der Waals surface area contributed by atoms with Crippen molar-refractivity contribution >= 4 is 5.97 Å². The Morgan fingerprint density at radius 2 is 2.22 bits per heavy atom. The lowest BCUT2D eigenvalue weighted by atomic mass is 10.1. The lowest BCUT2D eigenvalue weighted by Gasteiger charge is -2.13. The second-order valence-corrected chi connectivity index (χ2v) is 3.79. The molecule has 5 heteroatoms. The smallest absolute Gasteiger partial charge is 0.325 e. The third-order valence-electron chi connectivity index (χ3n) is 2.49. The van der Waals surface area contributed by atoms with Crippen molar-refractivity contribution in [3.63, 3.8) is 0 Å². The van der Waals surface area contributed by atoms with Gasteiger partial charge in [-0.05, 0) is 29.8 Å². The second kappa shape index (κ2) is 5.46. The highest BCUT2D eigenvalue weighted by atomic mass is 19.1. The molecule has 1 aromatic heterocycles. The van der Waals surface area contributed by atoms with Gasteiger partial charge in [0, 0.05) is 0 Å². The van der Waals surface area contributed by atoms with E-state index in [1.807, 2.05) is 0 Å². The molecule has 1 atom stereocenters. The van der Waals surface area contributed by atoms with Crippen molar-refractivity contribution in [1.29, 1.82) is 0 Å². The summed E-state index contributed by atoms with van der Waals surface area (Å²) in [5.74, 6) is -0.900. The van der Waals surface area contributed by atoms with Crippen LogP contribution in [-0.2, 0) is 11.3 Å². The van der Waals surface area contributed by atoms with E-state index in [1.165, 1.54) is 24.5 Å². The van der Waals surface area contributed by atoms with Crippen LogP contribution < -0.4 is 5.32 Å². The minimum Gasteiger partial charge on any atom is -0.480 e. The molecular weight excluding hydrogens is 237 g/mol. The van der Waals surface area contributed by atoms with Crippen LogP contribution in [0.3, 0.4) is 0 Å². The molecule has 0 saturated heterocycles. The molecule has 0 aliphatic heterocycles. The molecule has 0 aliphatic carbocycles. The van der Waals surface area contributed by atoms with Crippen LogP contribution in [0.1, 0.15) is 17.4 Å². The zero-order valence-corrected chi connectivity index (χ0v) is 9.47. The molecule has 0 radical (unpaired) electrons. The number of carbonyl (C=O) groups is 1. The fourth-order valence-electron chi connectivity index (χ4n) is 1.65. The van der Waals surface area contributed by atoms with E-state index in [4.69, 9.17) is 9.52 Å². The van der Waals surface area contributed by atoms with Gasteiger partial charge in [-0.1, -0.05) is 12.1 Å². The van der Waals surface area contributed by atoms with Crippen molar-refractivity contribution in [2.24, 2.45) is 0 Å². The van der Waals surface area contributed by atoms with E-state index < -0.39 is 17.8 Å². The summed E-state index contributed by atoms with van der Waals surface area (Å²) in [7, 11) is 0. The zero-order valence-electron chi connectivity index (χ0n) is 9.47. The number of furan rings is 1. The Morgan fingerprint density at radius 1 is 1.39 bits per heavy atom. The molecule has 1 aromatic carbocycles. The predicted molar refractivity (Wildman–Crippen MR) is 62.3 cm³/mol. The third-order valence-corrected chi connectivity index (χ3v) is 2.49. The minimum absolute atomic E-state index is 0.264. The van der Waals surface area contributed by atoms with E-state index in [9.17, 15) is 9.18 Å². The summed E-state index contributed by atoms with van der Waals surface area (Å²) >= 11 is 0. The zero-order chi connectivity index (χ0) is 13.0. The summed E-state index contributed by atoms with van der Waals surface area (Å²) in [6.45, 7) is 0.264. The molecule has 94 valence electrons. The van der Waals surface area contributed by atoms with Crippen molar-refractivity contribution in [2.75, 3.05) is 0 Å². The van der Waals surface area contributed by atoms with Crippen LogP contribution >= 0.6 is 0 Å². The predicted octanol–water partition coefficient (Wildman–Crippen LogP) is 2.33. The van der Waals surface area contributed by atoms with Gasteiger partial charge in [0.1, 0.15) is 17.6 Å². The maximum atomic E-state index is 13.1. The van der Waals surface area contributed by atoms with Crippen LogP contribution in [0.5, 0.6) is 0 Å². The molecule has 1 heterocycles. The number of hydrogen-bond acceptors (Lipinski definition) is 3. The highest BCUT2D eigenvalue weighted by Gasteiger charge is 2.19. The Balaban J connectivity index is 2.11. The highest BCUT2D eigenvalue weighted by molar-refractivity contribution is 5.75. The normalized spacial score (nSPS) is 12.3. The van der Waals surface area contributed by atoms with Gasteiger partial charge in [0.2, 0.25) is 0 Å². The quantitative estimate of drug-likeness (QED) is 0.853. The van der Waals surface area contributed by atoms with E-state index in [0.29, 0.717) is 11.3 Å². The average molecular weight is 249 g/mol. The summed E-state index contributed by atoms with van der Waals surface area (Å²) in [5, 5.41) is 11.9. The fraction of sp³-hybridized carbons (Fsp3) is 0.154. The van der Waals surface area contributed by atoms with Gasteiger partial charge in [-0.25, -0.2) is 4.39 Å². The molecule has 0 spiro atoms. The molecule has 0 saturated carbocycles. The molecule has 1 unspecified atom stereocenters. The molecule has 0 bridgehead atoms. The lowest BCUT2D eigenvalue weighted by Crippen LogP contribution is -2.28. The van der Waals surface area contributed by atoms with Crippen molar-refractivity contribution in [3.05, 3.63) is 59.8 Å². The molecule has 4 nitrogen and oxygen atoms in total. The summed E-state index contributed by atoms with van der Waals surface area (Å²) in [4.78, 5) is 11.2. The van der Waals surface area contributed by atoms with Crippen LogP contribution in [0.25, 0.3) is 0 Å². The molecule has 0 fully saturated rings. The first-order valence-electron chi connectivity index (χ1n) is 5.41. The molecule has 2 rings (SSSR count). The van der Waals surface area contributed by atoms with E-state index in [-0.39, 0.29) is 6.54 Å². The van der Waals surface area contributed by atoms with Crippen molar-refractivity contribution in [2.45, 2.75) is 12.6 Å². The molecule has 18 heavy (non-hydrogen) atoms. The Kier molecular flexibility index (Phi) is 3.74. The van der Waals surface area contributed by atoms with Gasteiger partial charge < -0.3 is 9.52 Å². The van der Waals surface area contributed by atoms with Crippen molar-refractivity contribution in [1.82, 2.24) is 5.32 Å². The highest BCUT2D eigenvalue weighted by Crippen LogP contribution is 2.15. The van der Waals surface area contributed by atoms with E-state index in [1.54, 1.807) is 18.2 Å². The number of aliphatic carboxylic acids is 1. The molecule has 0 amide bonds. The number of carboxylic acids is 1. The molecule has 2 aromatic rings. The standard InChI is InChI=1S/C13H12FNO3/c14-10-4-1-3-9(7-10)12(13(16)17)15-8-11-5-2-6-18-11/h1-7,12,15H,8H2,(H,16,17). The van der Waals surface area contributed by atoms with E-state index in [0.717, 1.165) is 0 Å². The Bertz CT molecular complexity index is 525. The third kappa shape index (κ3) is 2.95. The number of carboxylic acid groups (broad SMARTS) is 1. The number of nitrogens with one attached hydrogen (secondary N) is 1. The Labute approximate surface area is 103 Å². The SMILES string of the molecule is O=C(O)C(NCc1ccco1)c1cccc(F)c1. The van der Waals surface area contributed by atoms with Gasteiger partial charge >= 0.3 is 5.97 Å². The van der Waals surface area contributed by atoms with Crippen LogP contribution in [0, 0.1) is 5.82 Å². The topological polar surface area (TPSA) is 62.5 Å². The first-order chi connectivity index (χ1) is 8.66. The van der Waals surface area contributed by atoms with Crippen molar-refractivity contribution in [3.8, 4) is 0 Å². The van der Waals surface area contributed by atoms with Gasteiger partial charge in [-0.15, -0.1) is 0 Å². The summed E-state index contributed by atoms with van der Waals surface area (Å²) < 4.78 is 18.2. The largest absolute Gasteiger partial charge is 0.480 e. The lowest BCUT2D eigenvalue weighted by molar-refractivity contribution is -0.139. The Hall–Kier alpha value is -2.14. The van der Waals surface area contributed by atoms with Gasteiger partial charge in [0.05, 0.1) is 12.8 Å². The minimum atomic E-state index is -1.06. The van der Waals surface area contributed by atoms with Crippen LogP contribution in [0.4, 0.5) is 4.39 Å². The molecular formula is C13H12FNO3. The summed E-state index contributed by atoms with van der Waals surface area (Å²) in [6, 6.07) is 8.01. The second-order valence-electron chi connectivity index (χ2n) is 3.79.